The van der Waals surface area contributed by atoms with Crippen LogP contribution < -0.4 is 5.32 Å². The number of benzene rings is 3. The lowest BCUT2D eigenvalue weighted by molar-refractivity contribution is -0.120. The second-order valence-corrected chi connectivity index (χ2v) is 5.70. The molecular formula is C22H20N2O. The highest BCUT2D eigenvalue weighted by Crippen LogP contribution is 2.21. The Hall–Kier alpha value is -3.20. The highest BCUT2D eigenvalue weighted by Gasteiger charge is 2.15. The Morgan fingerprint density at radius 3 is 1.80 bits per heavy atom. The predicted molar refractivity (Wildman–Crippen MR) is 102 cm³/mol. The fraction of sp³-hybridized carbons (Fsp3) is 0.0909. The summed E-state index contributed by atoms with van der Waals surface area (Å²) in [5.41, 5.74) is 3.08. The molecule has 3 aromatic carbocycles. The summed E-state index contributed by atoms with van der Waals surface area (Å²) in [5, 5.41) is 3.08. The average Bonchev–Trinajstić information content (AvgIpc) is 2.68. The van der Waals surface area contributed by atoms with Crippen LogP contribution in [-0.2, 0) is 4.79 Å². The van der Waals surface area contributed by atoms with Crippen molar-refractivity contribution < 1.29 is 4.79 Å². The molecule has 25 heavy (non-hydrogen) atoms. The smallest absolute Gasteiger partial charge is 0.242 e. The van der Waals surface area contributed by atoms with Gasteiger partial charge in [-0.15, -0.1) is 0 Å². The van der Waals surface area contributed by atoms with E-state index >= 15 is 0 Å². The Kier molecular flexibility index (Phi) is 5.73. The molecule has 124 valence electrons. The molecule has 3 nitrogen and oxygen atoms in total. The highest BCUT2D eigenvalue weighted by molar-refractivity contribution is 5.84. The molecule has 0 fully saturated rings. The third kappa shape index (κ3) is 4.88. The molecule has 3 aromatic rings. The van der Waals surface area contributed by atoms with Gasteiger partial charge in [-0.25, -0.2) is 0 Å². The van der Waals surface area contributed by atoms with Gasteiger partial charge in [-0.1, -0.05) is 91.0 Å². The summed E-state index contributed by atoms with van der Waals surface area (Å²) in [7, 11) is 0. The van der Waals surface area contributed by atoms with Gasteiger partial charge in [0.05, 0.1) is 6.04 Å². The van der Waals surface area contributed by atoms with Crippen LogP contribution in [0.15, 0.2) is 96.0 Å². The third-order valence-corrected chi connectivity index (χ3v) is 3.85. The van der Waals surface area contributed by atoms with Gasteiger partial charge in [0.25, 0.3) is 0 Å². The largest absolute Gasteiger partial charge is 0.344 e. The van der Waals surface area contributed by atoms with Crippen molar-refractivity contribution in [2.75, 3.05) is 6.54 Å². The molecule has 0 atom stereocenters. The molecule has 0 bridgehead atoms. The quantitative estimate of drug-likeness (QED) is 0.683. The van der Waals surface area contributed by atoms with Crippen LogP contribution in [0.25, 0.3) is 0 Å². The van der Waals surface area contributed by atoms with Gasteiger partial charge in [0.15, 0.2) is 0 Å². The molecule has 0 radical (unpaired) electrons. The molecule has 0 aliphatic rings. The van der Waals surface area contributed by atoms with Gasteiger partial charge in [-0.2, -0.15) is 0 Å². The number of amides is 1. The van der Waals surface area contributed by atoms with Gasteiger partial charge >= 0.3 is 0 Å². The molecule has 1 amide bonds. The lowest BCUT2D eigenvalue weighted by atomic mass is 9.99. The first kappa shape index (κ1) is 16.7. The minimum atomic E-state index is -0.179. The van der Waals surface area contributed by atoms with Crippen molar-refractivity contribution in [2.45, 2.75) is 6.04 Å². The van der Waals surface area contributed by atoms with Crippen molar-refractivity contribution >= 4 is 12.1 Å². The molecule has 3 rings (SSSR count). The number of carbonyl (C=O) groups excluding carboxylic acids is 1. The van der Waals surface area contributed by atoms with E-state index in [1.807, 2.05) is 91.0 Å². The number of nitrogens with one attached hydrogen (secondary N) is 1. The zero-order valence-corrected chi connectivity index (χ0v) is 13.9. The molecule has 0 heterocycles. The minimum absolute atomic E-state index is 0.102. The number of hydrogen-bond donors (Lipinski definition) is 1. The van der Waals surface area contributed by atoms with Crippen molar-refractivity contribution in [2.24, 2.45) is 4.99 Å². The maximum Gasteiger partial charge on any atom is 0.242 e. The maximum atomic E-state index is 12.4. The topological polar surface area (TPSA) is 41.5 Å². The molecule has 0 saturated heterocycles. The van der Waals surface area contributed by atoms with Gasteiger partial charge in [0, 0.05) is 6.21 Å². The Bertz CT molecular complexity index is 775. The first-order valence-corrected chi connectivity index (χ1v) is 8.27. The van der Waals surface area contributed by atoms with Gasteiger partial charge in [0.1, 0.15) is 6.54 Å². The summed E-state index contributed by atoms with van der Waals surface area (Å²) in [6.07, 6.45) is 1.72. The van der Waals surface area contributed by atoms with Crippen molar-refractivity contribution in [3.63, 3.8) is 0 Å². The molecule has 0 saturated carbocycles. The van der Waals surface area contributed by atoms with Crippen LogP contribution in [0.2, 0.25) is 0 Å². The predicted octanol–water partition coefficient (Wildman–Crippen LogP) is 4.01. The SMILES string of the molecule is O=C(C/N=C/c1ccccc1)NC(c1ccccc1)c1ccccc1. The summed E-state index contributed by atoms with van der Waals surface area (Å²) in [6, 6.07) is 29.5. The summed E-state index contributed by atoms with van der Waals surface area (Å²) in [5.74, 6) is -0.107. The molecule has 0 aliphatic carbocycles. The van der Waals surface area contributed by atoms with Crippen molar-refractivity contribution in [1.82, 2.24) is 5.32 Å². The molecule has 3 heteroatoms. The number of carbonyl (C=O) groups is 1. The molecule has 1 N–H and O–H groups in total. The molecular weight excluding hydrogens is 308 g/mol. The van der Waals surface area contributed by atoms with Crippen molar-refractivity contribution in [3.05, 3.63) is 108 Å². The average molecular weight is 328 g/mol. The molecule has 0 unspecified atom stereocenters. The minimum Gasteiger partial charge on any atom is -0.344 e. The van der Waals surface area contributed by atoms with E-state index in [1.165, 1.54) is 0 Å². The lowest BCUT2D eigenvalue weighted by Gasteiger charge is -2.19. The van der Waals surface area contributed by atoms with E-state index in [-0.39, 0.29) is 18.5 Å². The number of rotatable bonds is 6. The van der Waals surface area contributed by atoms with E-state index in [4.69, 9.17) is 0 Å². The van der Waals surface area contributed by atoms with E-state index in [2.05, 4.69) is 10.3 Å². The number of aliphatic imine (C=N–C) groups is 1. The first-order valence-electron chi connectivity index (χ1n) is 8.27. The van der Waals surface area contributed by atoms with Crippen LogP contribution in [0, 0.1) is 0 Å². The third-order valence-electron chi connectivity index (χ3n) is 3.85. The number of hydrogen-bond acceptors (Lipinski definition) is 2. The van der Waals surface area contributed by atoms with Crippen LogP contribution in [0.5, 0.6) is 0 Å². The van der Waals surface area contributed by atoms with Crippen molar-refractivity contribution in [1.29, 1.82) is 0 Å². The summed E-state index contributed by atoms with van der Waals surface area (Å²) in [4.78, 5) is 16.6. The van der Waals surface area contributed by atoms with E-state index in [0.717, 1.165) is 16.7 Å². The monoisotopic (exact) mass is 328 g/mol. The highest BCUT2D eigenvalue weighted by atomic mass is 16.1. The lowest BCUT2D eigenvalue weighted by Crippen LogP contribution is -2.31. The fourth-order valence-corrected chi connectivity index (χ4v) is 2.63. The van der Waals surface area contributed by atoms with Crippen LogP contribution in [0.1, 0.15) is 22.7 Å². The van der Waals surface area contributed by atoms with Crippen LogP contribution in [0.4, 0.5) is 0 Å². The normalized spacial score (nSPS) is 10.9. The Morgan fingerprint density at radius 1 is 0.800 bits per heavy atom. The van der Waals surface area contributed by atoms with Crippen LogP contribution in [-0.4, -0.2) is 18.7 Å². The van der Waals surface area contributed by atoms with E-state index in [9.17, 15) is 4.79 Å². The summed E-state index contributed by atoms with van der Waals surface area (Å²) in [6.45, 7) is 0.102. The first-order chi connectivity index (χ1) is 12.3. The summed E-state index contributed by atoms with van der Waals surface area (Å²) < 4.78 is 0. The number of nitrogens with zero attached hydrogens (tertiary/aromatic N) is 1. The van der Waals surface area contributed by atoms with Gasteiger partial charge < -0.3 is 5.32 Å². The molecule has 0 spiro atoms. The Labute approximate surface area is 148 Å². The summed E-state index contributed by atoms with van der Waals surface area (Å²) >= 11 is 0. The Morgan fingerprint density at radius 2 is 1.28 bits per heavy atom. The zero-order chi connectivity index (χ0) is 17.3. The second kappa shape index (κ2) is 8.60. The zero-order valence-electron chi connectivity index (χ0n) is 13.9. The molecule has 0 aliphatic heterocycles. The molecule has 0 aromatic heterocycles. The Balaban J connectivity index is 1.70. The van der Waals surface area contributed by atoms with E-state index in [0.29, 0.717) is 0 Å². The van der Waals surface area contributed by atoms with Crippen LogP contribution >= 0.6 is 0 Å². The van der Waals surface area contributed by atoms with Gasteiger partial charge in [-0.05, 0) is 16.7 Å². The van der Waals surface area contributed by atoms with E-state index in [1.54, 1.807) is 6.21 Å². The van der Waals surface area contributed by atoms with Gasteiger partial charge in [-0.3, -0.25) is 9.79 Å². The second-order valence-electron chi connectivity index (χ2n) is 5.70. The standard InChI is InChI=1S/C22H20N2O/c25-21(17-23-16-18-10-4-1-5-11-18)24-22(19-12-6-2-7-13-19)20-14-8-3-9-15-20/h1-16,22H,17H2,(H,24,25)/b23-16+. The fourth-order valence-electron chi connectivity index (χ4n) is 2.63. The van der Waals surface area contributed by atoms with Crippen molar-refractivity contribution in [3.8, 4) is 0 Å². The van der Waals surface area contributed by atoms with Crippen LogP contribution in [0.3, 0.4) is 0 Å². The maximum absolute atomic E-state index is 12.4. The van der Waals surface area contributed by atoms with E-state index < -0.39 is 0 Å². The van der Waals surface area contributed by atoms with Gasteiger partial charge in [0.2, 0.25) is 5.91 Å².